The molecule has 0 saturated heterocycles. The van der Waals surface area contributed by atoms with E-state index in [1.165, 1.54) is 0 Å². The van der Waals surface area contributed by atoms with E-state index in [0.717, 1.165) is 16.8 Å². The Labute approximate surface area is 176 Å². The van der Waals surface area contributed by atoms with Crippen LogP contribution in [0.4, 0.5) is 19.0 Å². The van der Waals surface area contributed by atoms with Gasteiger partial charge in [0.25, 0.3) is 0 Å². The lowest BCUT2D eigenvalue weighted by Gasteiger charge is -2.13. The summed E-state index contributed by atoms with van der Waals surface area (Å²) in [5.41, 5.74) is 11.1. The number of halogens is 5. The summed E-state index contributed by atoms with van der Waals surface area (Å²) in [6.07, 6.45) is -4.14. The zero-order valence-electron chi connectivity index (χ0n) is 15.3. The molecule has 0 radical (unpaired) electrons. The van der Waals surface area contributed by atoms with E-state index in [1.54, 1.807) is 6.92 Å². The van der Waals surface area contributed by atoms with Crippen molar-refractivity contribution < 1.29 is 17.4 Å². The summed E-state index contributed by atoms with van der Waals surface area (Å²) in [7, 11) is -1.53. The average Bonchev–Trinajstić information content (AvgIpc) is 3.25. The Hall–Kier alpha value is -1.82. The first-order valence-corrected chi connectivity index (χ1v) is 10.6. The third kappa shape index (κ3) is 4.09. The Morgan fingerprint density at radius 2 is 1.90 bits per heavy atom. The van der Waals surface area contributed by atoms with Gasteiger partial charge >= 0.3 is 6.18 Å². The minimum atomic E-state index is -4.62. The molecule has 2 atom stereocenters. The third-order valence-electron chi connectivity index (χ3n) is 4.17. The molecule has 1 aliphatic heterocycles. The molecule has 2 aromatic rings. The van der Waals surface area contributed by atoms with Crippen LogP contribution in [0.5, 0.6) is 0 Å². The molecule has 0 spiro atoms. The molecule has 0 fully saturated rings. The molecule has 158 valence electrons. The molecular formula is C16H17Cl2F3N6OS. The molecule has 0 aliphatic carbocycles. The van der Waals surface area contributed by atoms with E-state index < -0.39 is 22.5 Å². The smallest absolute Gasteiger partial charge is 0.383 e. The number of hydrazine groups is 1. The van der Waals surface area contributed by atoms with Crippen molar-refractivity contribution in [2.24, 2.45) is 4.99 Å². The van der Waals surface area contributed by atoms with Crippen LogP contribution in [-0.4, -0.2) is 31.7 Å². The van der Waals surface area contributed by atoms with Gasteiger partial charge in [-0.2, -0.15) is 18.3 Å². The number of nitrogens with two attached hydrogens (primary N) is 1. The van der Waals surface area contributed by atoms with Gasteiger partial charge in [-0.05, 0) is 18.6 Å². The van der Waals surface area contributed by atoms with Crippen LogP contribution in [0.15, 0.2) is 22.0 Å². The quantitative estimate of drug-likeness (QED) is 0.623. The zero-order chi connectivity index (χ0) is 21.5. The molecule has 2 unspecified atom stereocenters. The van der Waals surface area contributed by atoms with Crippen LogP contribution in [-0.2, 0) is 17.0 Å². The maximum atomic E-state index is 13.0. The monoisotopic (exact) mass is 468 g/mol. The molecule has 3 rings (SSSR count). The Balaban J connectivity index is 2.21. The van der Waals surface area contributed by atoms with Gasteiger partial charge in [0.1, 0.15) is 28.3 Å². The summed E-state index contributed by atoms with van der Waals surface area (Å²) in [5, 5.41) is 3.73. The van der Waals surface area contributed by atoms with Crippen molar-refractivity contribution in [2.45, 2.75) is 37.5 Å². The number of amidine groups is 1. The summed E-state index contributed by atoms with van der Waals surface area (Å²) < 4.78 is 52.8. The topological polar surface area (TPSA) is 97.3 Å². The Morgan fingerprint density at radius 1 is 1.28 bits per heavy atom. The highest BCUT2D eigenvalue weighted by atomic mass is 35.5. The lowest BCUT2D eigenvalue weighted by molar-refractivity contribution is -0.137. The summed E-state index contributed by atoms with van der Waals surface area (Å²) in [4.78, 5) is 4.61. The summed E-state index contributed by atoms with van der Waals surface area (Å²) in [5.74, 6) is 0.515. The van der Waals surface area contributed by atoms with Crippen LogP contribution in [0.2, 0.25) is 10.0 Å². The lowest BCUT2D eigenvalue weighted by Crippen LogP contribution is -2.35. The second-order valence-electron chi connectivity index (χ2n) is 6.07. The third-order valence-corrected chi connectivity index (χ3v) is 6.13. The van der Waals surface area contributed by atoms with Crippen LogP contribution < -0.4 is 16.6 Å². The van der Waals surface area contributed by atoms with E-state index in [0.29, 0.717) is 12.3 Å². The molecule has 0 amide bonds. The first-order valence-electron chi connectivity index (χ1n) is 8.51. The first kappa shape index (κ1) is 21.9. The van der Waals surface area contributed by atoms with Crippen LogP contribution >= 0.6 is 23.2 Å². The van der Waals surface area contributed by atoms with Crippen molar-refractivity contribution in [1.82, 2.24) is 20.6 Å². The molecule has 1 aromatic heterocycles. The van der Waals surface area contributed by atoms with Gasteiger partial charge in [-0.25, -0.2) is 15.1 Å². The number of aromatic nitrogens is 2. The molecule has 2 heterocycles. The number of nitrogen functional groups attached to an aromatic ring is 1. The van der Waals surface area contributed by atoms with Crippen molar-refractivity contribution in [3.63, 3.8) is 0 Å². The van der Waals surface area contributed by atoms with E-state index in [1.807, 2.05) is 6.92 Å². The van der Waals surface area contributed by atoms with Crippen molar-refractivity contribution in [3.8, 4) is 5.69 Å². The molecule has 1 aliphatic rings. The van der Waals surface area contributed by atoms with Gasteiger partial charge in [-0.3, -0.25) is 4.21 Å². The predicted octanol–water partition coefficient (Wildman–Crippen LogP) is 3.50. The summed E-state index contributed by atoms with van der Waals surface area (Å²) in [6, 6.07) is 1.47. The van der Waals surface area contributed by atoms with Crippen molar-refractivity contribution in [3.05, 3.63) is 33.4 Å². The van der Waals surface area contributed by atoms with E-state index in [9.17, 15) is 17.4 Å². The van der Waals surface area contributed by atoms with Crippen LogP contribution in [0.25, 0.3) is 5.69 Å². The minimum absolute atomic E-state index is 0.0435. The van der Waals surface area contributed by atoms with Gasteiger partial charge in [-0.1, -0.05) is 37.0 Å². The molecule has 29 heavy (non-hydrogen) atoms. The van der Waals surface area contributed by atoms with Crippen LogP contribution in [0, 0.1) is 0 Å². The van der Waals surface area contributed by atoms with Gasteiger partial charge in [-0.15, -0.1) is 0 Å². The number of hydrogen-bond acceptors (Lipinski definition) is 6. The maximum Gasteiger partial charge on any atom is 0.416 e. The predicted molar refractivity (Wildman–Crippen MR) is 107 cm³/mol. The van der Waals surface area contributed by atoms with Crippen molar-refractivity contribution in [1.29, 1.82) is 0 Å². The first-order chi connectivity index (χ1) is 13.6. The fraction of sp³-hybridized carbons (Fsp3) is 0.375. The Morgan fingerprint density at radius 3 is 2.38 bits per heavy atom. The molecule has 1 aromatic carbocycles. The second-order valence-corrected chi connectivity index (χ2v) is 8.56. The molecule has 0 saturated carbocycles. The summed E-state index contributed by atoms with van der Waals surface area (Å²) in [6.45, 7) is 3.62. The normalized spacial score (nSPS) is 17.9. The number of benzene rings is 1. The fourth-order valence-corrected chi connectivity index (χ4v) is 4.34. The van der Waals surface area contributed by atoms with Gasteiger partial charge in [0.15, 0.2) is 5.84 Å². The molecule has 13 heteroatoms. The highest BCUT2D eigenvalue weighted by molar-refractivity contribution is 7.85. The number of nitrogens with one attached hydrogen (secondary N) is 2. The highest BCUT2D eigenvalue weighted by Gasteiger charge is 2.34. The van der Waals surface area contributed by atoms with Crippen LogP contribution in [0.3, 0.4) is 0 Å². The molecule has 0 bridgehead atoms. The van der Waals surface area contributed by atoms with Crippen molar-refractivity contribution >= 4 is 45.7 Å². The van der Waals surface area contributed by atoms with Gasteiger partial charge in [0.05, 0.1) is 26.4 Å². The van der Waals surface area contributed by atoms with E-state index in [-0.39, 0.29) is 44.1 Å². The van der Waals surface area contributed by atoms with Gasteiger partial charge in [0.2, 0.25) is 0 Å². The van der Waals surface area contributed by atoms with Gasteiger partial charge in [0, 0.05) is 5.75 Å². The molecular weight excluding hydrogens is 452 g/mol. The highest BCUT2D eigenvalue weighted by Crippen LogP contribution is 2.39. The van der Waals surface area contributed by atoms with Gasteiger partial charge < -0.3 is 11.2 Å². The van der Waals surface area contributed by atoms with E-state index in [2.05, 4.69) is 20.9 Å². The number of rotatable bonds is 5. The van der Waals surface area contributed by atoms with Crippen LogP contribution in [0.1, 0.15) is 31.5 Å². The number of alkyl halides is 3. The zero-order valence-corrected chi connectivity index (χ0v) is 17.6. The number of hydrogen-bond donors (Lipinski definition) is 3. The SMILES string of the molecule is CCC1N=C(c2nn(-c3c(Cl)cc(C(F)(F)F)cc3Cl)c(N)c2S(=O)CC)NN1. The number of anilines is 1. The fourth-order valence-electron chi connectivity index (χ4n) is 2.73. The molecule has 4 N–H and O–H groups in total. The Kier molecular flexibility index (Phi) is 6.13. The average molecular weight is 469 g/mol. The Bertz CT molecular complexity index is 984. The van der Waals surface area contributed by atoms with E-state index >= 15 is 0 Å². The lowest BCUT2D eigenvalue weighted by atomic mass is 10.2. The molecule has 7 nitrogen and oxygen atoms in total. The van der Waals surface area contributed by atoms with E-state index in [4.69, 9.17) is 28.9 Å². The second kappa shape index (κ2) is 8.13. The largest absolute Gasteiger partial charge is 0.416 e. The summed E-state index contributed by atoms with van der Waals surface area (Å²) >= 11 is 12.2. The standard InChI is InChI=1S/C16H17Cl2F3N6OS/c1-3-10-23-15(25-24-10)11-13(29(28)4-2)14(22)27(26-11)12-8(17)5-7(6-9(12)18)16(19,20)21/h5-6,10,24H,3-4,22H2,1-2H3,(H,23,25). The minimum Gasteiger partial charge on any atom is -0.383 e. The maximum absolute atomic E-state index is 13.0. The number of aliphatic imine (C=N–C) groups is 1. The van der Waals surface area contributed by atoms with Crippen molar-refractivity contribution in [2.75, 3.05) is 11.5 Å². The number of nitrogens with zero attached hydrogens (tertiary/aromatic N) is 3.